The summed E-state index contributed by atoms with van der Waals surface area (Å²) in [6.45, 7) is 1.94. The van der Waals surface area contributed by atoms with Crippen LogP contribution in [0.4, 0.5) is 0 Å². The van der Waals surface area contributed by atoms with Gasteiger partial charge in [0.1, 0.15) is 6.10 Å². The number of aliphatic hydroxyl groups is 2. The van der Waals surface area contributed by atoms with Crippen LogP contribution in [-0.2, 0) is 11.3 Å². The van der Waals surface area contributed by atoms with Crippen LogP contribution in [0.2, 0.25) is 0 Å². The Kier molecular flexibility index (Phi) is 4.63. The molecular weight excluding hydrogens is 282 g/mol. The van der Waals surface area contributed by atoms with Gasteiger partial charge in [0, 0.05) is 19.0 Å². The van der Waals surface area contributed by atoms with Crippen molar-refractivity contribution in [1.82, 2.24) is 14.9 Å². The van der Waals surface area contributed by atoms with E-state index < -0.39 is 12.2 Å². The monoisotopic (exact) mass is 303 g/mol. The Hall–Kier alpha value is -1.60. The van der Waals surface area contributed by atoms with Crippen LogP contribution in [0, 0.1) is 5.92 Å². The van der Waals surface area contributed by atoms with Gasteiger partial charge < -0.3 is 19.8 Å². The van der Waals surface area contributed by atoms with E-state index >= 15 is 0 Å². The maximum atomic E-state index is 10.0. The van der Waals surface area contributed by atoms with Crippen molar-refractivity contribution in [1.29, 1.82) is 0 Å². The van der Waals surface area contributed by atoms with Crippen LogP contribution in [0.5, 0.6) is 0 Å². The maximum absolute atomic E-state index is 10.0. The number of ether oxygens (including phenoxy) is 1. The molecule has 0 aliphatic carbocycles. The molecule has 1 aliphatic heterocycles. The van der Waals surface area contributed by atoms with Crippen LogP contribution in [0.15, 0.2) is 30.5 Å². The molecule has 0 radical (unpaired) electrons. The molecular formula is C16H21N3O3. The SMILES string of the molecule is CN(Cc1cnc2ccccc2n1)C[C@@H]1COC[C@@H](O)[C@H]1O. The third-order valence-corrected chi connectivity index (χ3v) is 3.97. The predicted octanol–water partition coefficient (Wildman–Crippen LogP) is 0.430. The van der Waals surface area contributed by atoms with E-state index in [9.17, 15) is 10.2 Å². The third kappa shape index (κ3) is 3.41. The summed E-state index contributed by atoms with van der Waals surface area (Å²) in [7, 11) is 1.96. The number of rotatable bonds is 4. The number of hydrogen-bond donors (Lipinski definition) is 2. The molecule has 3 rings (SSSR count). The fourth-order valence-electron chi connectivity index (χ4n) is 2.83. The number of benzene rings is 1. The zero-order valence-electron chi connectivity index (χ0n) is 12.6. The Bertz CT molecular complexity index is 637. The van der Waals surface area contributed by atoms with Gasteiger partial charge in [0.05, 0.1) is 42.2 Å². The summed E-state index contributed by atoms with van der Waals surface area (Å²) >= 11 is 0. The summed E-state index contributed by atoms with van der Waals surface area (Å²) < 4.78 is 5.31. The molecule has 1 fully saturated rings. The number of hydrogen-bond acceptors (Lipinski definition) is 6. The molecule has 1 aromatic carbocycles. The zero-order chi connectivity index (χ0) is 15.5. The first-order valence-corrected chi connectivity index (χ1v) is 7.46. The van der Waals surface area contributed by atoms with Crippen molar-refractivity contribution in [2.75, 3.05) is 26.8 Å². The summed E-state index contributed by atoms with van der Waals surface area (Å²) in [6.07, 6.45) is 0.244. The quantitative estimate of drug-likeness (QED) is 0.853. The van der Waals surface area contributed by atoms with Crippen molar-refractivity contribution in [2.24, 2.45) is 5.92 Å². The predicted molar refractivity (Wildman–Crippen MR) is 82.2 cm³/mol. The number of fused-ring (bicyclic) bond motifs is 1. The minimum atomic E-state index is -0.799. The molecule has 0 spiro atoms. The van der Waals surface area contributed by atoms with Gasteiger partial charge in [-0.2, -0.15) is 0 Å². The Balaban J connectivity index is 1.63. The molecule has 1 aliphatic rings. The van der Waals surface area contributed by atoms with Crippen molar-refractivity contribution >= 4 is 11.0 Å². The van der Waals surface area contributed by atoms with Gasteiger partial charge in [0.25, 0.3) is 0 Å². The van der Waals surface area contributed by atoms with Crippen LogP contribution < -0.4 is 0 Å². The average molecular weight is 303 g/mol. The Morgan fingerprint density at radius 3 is 2.82 bits per heavy atom. The summed E-state index contributed by atoms with van der Waals surface area (Å²) in [5, 5.41) is 19.7. The summed E-state index contributed by atoms with van der Waals surface area (Å²) in [5.74, 6) is -0.0952. The second kappa shape index (κ2) is 6.66. The number of aliphatic hydroxyl groups excluding tert-OH is 2. The van der Waals surface area contributed by atoms with Crippen LogP contribution >= 0.6 is 0 Å². The van der Waals surface area contributed by atoms with Crippen molar-refractivity contribution in [3.05, 3.63) is 36.2 Å². The van der Waals surface area contributed by atoms with Crippen molar-refractivity contribution in [3.8, 4) is 0 Å². The van der Waals surface area contributed by atoms with E-state index in [1.165, 1.54) is 0 Å². The minimum Gasteiger partial charge on any atom is -0.390 e. The molecule has 6 heteroatoms. The van der Waals surface area contributed by atoms with Crippen LogP contribution in [0.3, 0.4) is 0 Å². The highest BCUT2D eigenvalue weighted by atomic mass is 16.5. The molecule has 0 unspecified atom stereocenters. The lowest BCUT2D eigenvalue weighted by atomic mass is 9.96. The van der Waals surface area contributed by atoms with Gasteiger partial charge in [0.2, 0.25) is 0 Å². The fourth-order valence-corrected chi connectivity index (χ4v) is 2.83. The van der Waals surface area contributed by atoms with E-state index in [-0.39, 0.29) is 12.5 Å². The normalized spacial score (nSPS) is 25.7. The Morgan fingerprint density at radius 2 is 2.00 bits per heavy atom. The number of para-hydroxylation sites is 2. The van der Waals surface area contributed by atoms with Crippen molar-refractivity contribution in [2.45, 2.75) is 18.8 Å². The lowest BCUT2D eigenvalue weighted by Crippen LogP contribution is -2.47. The van der Waals surface area contributed by atoms with E-state index in [2.05, 4.69) is 14.9 Å². The van der Waals surface area contributed by atoms with Gasteiger partial charge in [-0.3, -0.25) is 4.98 Å². The van der Waals surface area contributed by atoms with Gasteiger partial charge >= 0.3 is 0 Å². The first-order valence-electron chi connectivity index (χ1n) is 7.46. The van der Waals surface area contributed by atoms with Gasteiger partial charge in [0.15, 0.2) is 0 Å². The molecule has 0 amide bonds. The molecule has 2 aromatic rings. The van der Waals surface area contributed by atoms with E-state index in [1.807, 2.05) is 31.3 Å². The summed E-state index contributed by atoms with van der Waals surface area (Å²) in [6, 6.07) is 7.77. The van der Waals surface area contributed by atoms with E-state index in [4.69, 9.17) is 4.74 Å². The largest absolute Gasteiger partial charge is 0.390 e. The molecule has 6 nitrogen and oxygen atoms in total. The minimum absolute atomic E-state index is 0.0952. The van der Waals surface area contributed by atoms with Crippen LogP contribution in [0.1, 0.15) is 5.69 Å². The van der Waals surface area contributed by atoms with E-state index in [0.29, 0.717) is 19.7 Å². The second-order valence-corrected chi connectivity index (χ2v) is 5.90. The summed E-state index contributed by atoms with van der Waals surface area (Å²) in [4.78, 5) is 11.1. The lowest BCUT2D eigenvalue weighted by Gasteiger charge is -2.34. The van der Waals surface area contributed by atoms with Gasteiger partial charge in [-0.05, 0) is 19.2 Å². The zero-order valence-corrected chi connectivity index (χ0v) is 12.6. The molecule has 22 heavy (non-hydrogen) atoms. The van der Waals surface area contributed by atoms with Crippen molar-refractivity contribution in [3.63, 3.8) is 0 Å². The molecule has 118 valence electrons. The van der Waals surface area contributed by atoms with Crippen LogP contribution in [0.25, 0.3) is 11.0 Å². The summed E-state index contributed by atoms with van der Waals surface area (Å²) in [5.41, 5.74) is 2.64. The first kappa shape index (κ1) is 15.3. The first-order chi connectivity index (χ1) is 10.6. The van der Waals surface area contributed by atoms with Crippen LogP contribution in [-0.4, -0.2) is 64.1 Å². The smallest absolute Gasteiger partial charge is 0.104 e. The van der Waals surface area contributed by atoms with Crippen molar-refractivity contribution < 1.29 is 14.9 Å². The molecule has 1 aromatic heterocycles. The molecule has 3 atom stereocenters. The Morgan fingerprint density at radius 1 is 1.23 bits per heavy atom. The standard InChI is InChI=1S/C16H21N3O3/c1-19(7-11-9-22-10-15(20)16(11)21)8-12-6-17-13-4-2-3-5-14(13)18-12/h2-6,11,15-16,20-21H,7-10H2,1H3/t11-,15-,16+/m1/s1. The molecule has 0 bridgehead atoms. The number of aromatic nitrogens is 2. The maximum Gasteiger partial charge on any atom is 0.104 e. The number of nitrogens with zero attached hydrogens (tertiary/aromatic N) is 3. The third-order valence-electron chi connectivity index (χ3n) is 3.97. The Labute approximate surface area is 129 Å². The highest BCUT2D eigenvalue weighted by Crippen LogP contribution is 2.17. The topological polar surface area (TPSA) is 78.7 Å². The highest BCUT2D eigenvalue weighted by Gasteiger charge is 2.31. The molecule has 2 heterocycles. The van der Waals surface area contributed by atoms with Gasteiger partial charge in [-0.25, -0.2) is 4.98 Å². The van der Waals surface area contributed by atoms with E-state index in [1.54, 1.807) is 6.20 Å². The van der Waals surface area contributed by atoms with Gasteiger partial charge in [-0.1, -0.05) is 12.1 Å². The fraction of sp³-hybridized carbons (Fsp3) is 0.500. The second-order valence-electron chi connectivity index (χ2n) is 5.90. The molecule has 2 N–H and O–H groups in total. The highest BCUT2D eigenvalue weighted by molar-refractivity contribution is 5.73. The van der Waals surface area contributed by atoms with Gasteiger partial charge in [-0.15, -0.1) is 0 Å². The lowest BCUT2D eigenvalue weighted by molar-refractivity contribution is -0.125. The average Bonchev–Trinajstić information content (AvgIpc) is 2.52. The van der Waals surface area contributed by atoms with E-state index in [0.717, 1.165) is 16.7 Å². The molecule has 1 saturated heterocycles. The molecule has 0 saturated carbocycles.